The number of thioether (sulfide) groups is 1. The number of thiophene rings is 1. The van der Waals surface area contributed by atoms with Gasteiger partial charge in [-0.2, -0.15) is 0 Å². The van der Waals surface area contributed by atoms with Crippen LogP contribution in [0.4, 0.5) is 5.95 Å². The second-order valence-electron chi connectivity index (χ2n) is 7.77. The standard InChI is InChI=1S/C20H22N6S2/c1-12-7-8-15-14(9-12)16-17-21-11-22-26(17)19-23-24-20(25(19)18(16)28-15)27-10-13-5-3-2-4-6-13/h2-6,12,17,21-22H,7-11H2,1H3/t12-,17?/m1/s1. The van der Waals surface area contributed by atoms with Gasteiger partial charge in [0.2, 0.25) is 5.95 Å². The van der Waals surface area contributed by atoms with Crippen molar-refractivity contribution in [2.75, 3.05) is 11.7 Å². The zero-order chi connectivity index (χ0) is 18.7. The molecule has 0 amide bonds. The topological polar surface area (TPSA) is 58.0 Å². The molecule has 28 heavy (non-hydrogen) atoms. The fourth-order valence-electron chi connectivity index (χ4n) is 4.45. The van der Waals surface area contributed by atoms with E-state index < -0.39 is 0 Å². The third kappa shape index (κ3) is 2.55. The number of fused-ring (bicyclic) bond motifs is 8. The Hall–Kier alpha value is -1.87. The van der Waals surface area contributed by atoms with Crippen molar-refractivity contribution in [1.82, 2.24) is 25.5 Å². The van der Waals surface area contributed by atoms with Crippen molar-refractivity contribution in [1.29, 1.82) is 0 Å². The van der Waals surface area contributed by atoms with Crippen molar-refractivity contribution >= 4 is 29.0 Å². The average molecular weight is 411 g/mol. The zero-order valence-electron chi connectivity index (χ0n) is 15.7. The van der Waals surface area contributed by atoms with Gasteiger partial charge in [0.05, 0.1) is 6.67 Å². The molecule has 2 aliphatic heterocycles. The van der Waals surface area contributed by atoms with Crippen LogP contribution in [-0.2, 0) is 18.6 Å². The third-order valence-corrected chi connectivity index (χ3v) is 8.14. The van der Waals surface area contributed by atoms with Crippen LogP contribution in [-0.4, -0.2) is 21.4 Å². The number of hydrogen-bond acceptors (Lipinski definition) is 7. The summed E-state index contributed by atoms with van der Waals surface area (Å²) in [6, 6.07) is 10.6. The fraction of sp³-hybridized carbons (Fsp3) is 0.400. The average Bonchev–Trinajstić information content (AvgIpc) is 3.42. The second-order valence-corrected chi connectivity index (χ2v) is 9.80. The molecule has 144 valence electrons. The van der Waals surface area contributed by atoms with E-state index in [4.69, 9.17) is 0 Å². The highest BCUT2D eigenvalue weighted by atomic mass is 32.2. The monoisotopic (exact) mass is 410 g/mol. The minimum absolute atomic E-state index is 0.156. The van der Waals surface area contributed by atoms with Gasteiger partial charge in [0.15, 0.2) is 5.16 Å². The number of nitrogens with one attached hydrogen (secondary N) is 2. The number of anilines is 1. The fourth-order valence-corrected chi connectivity index (χ4v) is 6.77. The molecule has 8 heteroatoms. The van der Waals surface area contributed by atoms with E-state index in [-0.39, 0.29) is 6.17 Å². The molecule has 3 aliphatic rings. The Morgan fingerprint density at radius 1 is 1.25 bits per heavy atom. The van der Waals surface area contributed by atoms with E-state index in [0.29, 0.717) is 0 Å². The molecule has 2 N–H and O–H groups in total. The molecular formula is C20H22N6S2. The summed E-state index contributed by atoms with van der Waals surface area (Å²) in [5, 5.41) is 17.2. The summed E-state index contributed by atoms with van der Waals surface area (Å²) in [5.74, 6) is 2.54. The Balaban J connectivity index is 1.44. The Labute approximate surface area is 172 Å². The minimum Gasteiger partial charge on any atom is -0.278 e. The van der Waals surface area contributed by atoms with Crippen molar-refractivity contribution in [2.45, 2.75) is 43.3 Å². The van der Waals surface area contributed by atoms with Gasteiger partial charge in [-0.05, 0) is 36.3 Å². The first-order valence-corrected chi connectivity index (χ1v) is 11.6. The predicted octanol–water partition coefficient (Wildman–Crippen LogP) is 3.63. The van der Waals surface area contributed by atoms with Gasteiger partial charge in [0.25, 0.3) is 0 Å². The van der Waals surface area contributed by atoms with E-state index in [9.17, 15) is 0 Å². The maximum atomic E-state index is 4.57. The molecule has 0 spiro atoms. The Bertz CT molecular complexity index is 1030. The van der Waals surface area contributed by atoms with Crippen molar-refractivity contribution in [3.8, 4) is 5.00 Å². The molecule has 6 nitrogen and oxygen atoms in total. The molecule has 2 atom stereocenters. The van der Waals surface area contributed by atoms with Gasteiger partial charge in [-0.3, -0.25) is 10.3 Å². The van der Waals surface area contributed by atoms with Crippen molar-refractivity contribution in [3.63, 3.8) is 0 Å². The van der Waals surface area contributed by atoms with Crippen LogP contribution in [0.15, 0.2) is 35.5 Å². The number of hydrazine groups is 1. The van der Waals surface area contributed by atoms with Crippen LogP contribution in [0, 0.1) is 5.92 Å². The van der Waals surface area contributed by atoms with E-state index in [1.165, 1.54) is 35.4 Å². The lowest BCUT2D eigenvalue weighted by Crippen LogP contribution is -2.39. The zero-order valence-corrected chi connectivity index (χ0v) is 17.3. The highest BCUT2D eigenvalue weighted by molar-refractivity contribution is 7.98. The SMILES string of the molecule is C[C@@H]1CCc2sc3c(c2C1)C1NCNN1c1nnc(SCc2ccccc2)n1-3. The first kappa shape index (κ1) is 17.0. The summed E-state index contributed by atoms with van der Waals surface area (Å²) in [4.78, 5) is 1.55. The van der Waals surface area contributed by atoms with E-state index in [1.54, 1.807) is 22.2 Å². The molecule has 1 unspecified atom stereocenters. The van der Waals surface area contributed by atoms with Gasteiger partial charge < -0.3 is 0 Å². The largest absolute Gasteiger partial charge is 0.278 e. The van der Waals surface area contributed by atoms with E-state index in [2.05, 4.69) is 67.8 Å². The highest BCUT2D eigenvalue weighted by Gasteiger charge is 2.42. The molecule has 0 bridgehead atoms. The number of hydrogen-bond donors (Lipinski definition) is 2. The Kier molecular flexibility index (Phi) is 4.01. The summed E-state index contributed by atoms with van der Waals surface area (Å²) in [6.07, 6.45) is 3.82. The summed E-state index contributed by atoms with van der Waals surface area (Å²) < 4.78 is 2.27. The van der Waals surface area contributed by atoms with Crippen LogP contribution in [0.1, 0.15) is 41.1 Å². The maximum absolute atomic E-state index is 4.57. The predicted molar refractivity (Wildman–Crippen MR) is 113 cm³/mol. The smallest absolute Gasteiger partial charge is 0.249 e. The molecule has 1 aromatic carbocycles. The molecule has 0 radical (unpaired) electrons. The summed E-state index contributed by atoms with van der Waals surface area (Å²) in [7, 11) is 0. The van der Waals surface area contributed by atoms with Crippen molar-refractivity contribution in [3.05, 3.63) is 51.9 Å². The van der Waals surface area contributed by atoms with Crippen LogP contribution in [0.3, 0.4) is 0 Å². The molecule has 6 rings (SSSR count). The number of nitrogens with zero attached hydrogens (tertiary/aromatic N) is 4. The van der Waals surface area contributed by atoms with Crippen molar-refractivity contribution < 1.29 is 0 Å². The molecule has 3 aromatic rings. The van der Waals surface area contributed by atoms with Crippen molar-refractivity contribution in [2.24, 2.45) is 5.92 Å². The molecule has 4 heterocycles. The lowest BCUT2D eigenvalue weighted by Gasteiger charge is -2.31. The van der Waals surface area contributed by atoms with Crippen LogP contribution in [0.5, 0.6) is 0 Å². The van der Waals surface area contributed by atoms with Crippen LogP contribution >= 0.6 is 23.1 Å². The second kappa shape index (κ2) is 6.59. The lowest BCUT2D eigenvalue weighted by molar-refractivity contribution is 0.495. The number of rotatable bonds is 3. The first-order chi connectivity index (χ1) is 13.8. The van der Waals surface area contributed by atoms with Gasteiger partial charge in [0.1, 0.15) is 11.2 Å². The molecule has 1 aliphatic carbocycles. The van der Waals surface area contributed by atoms with E-state index >= 15 is 0 Å². The maximum Gasteiger partial charge on any atom is 0.249 e. The van der Waals surface area contributed by atoms with Gasteiger partial charge in [-0.15, -0.1) is 21.5 Å². The van der Waals surface area contributed by atoms with Gasteiger partial charge in [-0.1, -0.05) is 49.0 Å². The minimum atomic E-state index is 0.156. The third-order valence-electron chi connectivity index (χ3n) is 5.85. The van der Waals surface area contributed by atoms with Gasteiger partial charge in [-0.25, -0.2) is 9.99 Å². The molecule has 1 fully saturated rings. The van der Waals surface area contributed by atoms with Crippen LogP contribution in [0.25, 0.3) is 5.00 Å². The Morgan fingerprint density at radius 3 is 3.04 bits per heavy atom. The molecular weight excluding hydrogens is 388 g/mol. The molecule has 1 saturated heterocycles. The quantitative estimate of drug-likeness (QED) is 0.643. The summed E-state index contributed by atoms with van der Waals surface area (Å²) >= 11 is 3.71. The number of aromatic nitrogens is 3. The Morgan fingerprint density at radius 2 is 2.14 bits per heavy atom. The number of benzene rings is 1. The highest BCUT2D eigenvalue weighted by Crippen LogP contribution is 2.48. The van der Waals surface area contributed by atoms with Crippen LogP contribution in [0.2, 0.25) is 0 Å². The van der Waals surface area contributed by atoms with Gasteiger partial charge in [0, 0.05) is 16.2 Å². The van der Waals surface area contributed by atoms with E-state index in [0.717, 1.165) is 29.4 Å². The molecule has 0 saturated carbocycles. The summed E-state index contributed by atoms with van der Waals surface area (Å²) in [6.45, 7) is 3.13. The normalized spacial score (nSPS) is 22.5. The first-order valence-electron chi connectivity index (χ1n) is 9.82. The number of aryl methyl sites for hydroxylation is 1. The van der Waals surface area contributed by atoms with Gasteiger partial charge >= 0.3 is 0 Å². The van der Waals surface area contributed by atoms with Crippen LogP contribution < -0.4 is 15.8 Å². The summed E-state index contributed by atoms with van der Waals surface area (Å²) in [5.41, 5.74) is 7.74. The van der Waals surface area contributed by atoms with E-state index in [1.807, 2.05) is 11.3 Å². The molecule has 2 aromatic heterocycles. The lowest BCUT2D eigenvalue weighted by atomic mass is 9.87.